The Balaban J connectivity index is 1.58. The Hall–Kier alpha value is -1.64. The lowest BCUT2D eigenvalue weighted by Gasteiger charge is -2.24. The van der Waals surface area contributed by atoms with Crippen molar-refractivity contribution in [2.24, 2.45) is 0 Å². The summed E-state index contributed by atoms with van der Waals surface area (Å²) in [6.07, 6.45) is 4.86. The molecule has 1 atom stereocenters. The number of hydrogen-bond donors (Lipinski definition) is 1. The molecule has 0 aliphatic heterocycles. The van der Waals surface area contributed by atoms with E-state index >= 15 is 0 Å². The minimum absolute atomic E-state index is 0.0149. The number of aryl methyl sites for hydroxylation is 1. The standard InChI is InChI=1S/C15H19NO2/c17-14-11-10-13(14)16-15(18)9-5-4-8-12-6-2-1-3-7-12/h1-3,6-7,13H,4-5,8-11H2,(H,16,18)/t13-/m1/s1. The molecular formula is C15H19NO2. The number of carbonyl (C=O) groups is 2. The van der Waals surface area contributed by atoms with Gasteiger partial charge in [0.15, 0.2) is 5.78 Å². The predicted molar refractivity (Wildman–Crippen MR) is 70.2 cm³/mol. The van der Waals surface area contributed by atoms with Gasteiger partial charge in [0.2, 0.25) is 5.91 Å². The minimum Gasteiger partial charge on any atom is -0.346 e. The molecule has 3 nitrogen and oxygen atoms in total. The summed E-state index contributed by atoms with van der Waals surface area (Å²) in [6, 6.07) is 10.1. The first-order valence-electron chi connectivity index (χ1n) is 6.62. The van der Waals surface area contributed by atoms with Crippen molar-refractivity contribution >= 4 is 11.7 Å². The number of unbranched alkanes of at least 4 members (excludes halogenated alkanes) is 1. The number of benzene rings is 1. The molecule has 0 radical (unpaired) electrons. The summed E-state index contributed by atoms with van der Waals surface area (Å²) in [7, 11) is 0. The number of rotatable bonds is 6. The Morgan fingerprint density at radius 3 is 2.61 bits per heavy atom. The molecule has 1 aliphatic carbocycles. The van der Waals surface area contributed by atoms with E-state index in [1.165, 1.54) is 5.56 Å². The average Bonchev–Trinajstić information content (AvgIpc) is 2.40. The first-order valence-corrected chi connectivity index (χ1v) is 6.62. The molecule has 1 fully saturated rings. The zero-order valence-electron chi connectivity index (χ0n) is 10.5. The first kappa shape index (κ1) is 12.8. The van der Waals surface area contributed by atoms with Crippen LogP contribution in [0.1, 0.15) is 37.7 Å². The molecule has 1 aromatic rings. The molecule has 1 saturated carbocycles. The summed E-state index contributed by atoms with van der Waals surface area (Å²) < 4.78 is 0. The van der Waals surface area contributed by atoms with E-state index in [0.29, 0.717) is 12.8 Å². The summed E-state index contributed by atoms with van der Waals surface area (Å²) in [5, 5.41) is 2.78. The van der Waals surface area contributed by atoms with Gasteiger partial charge in [0.05, 0.1) is 6.04 Å². The molecule has 0 unspecified atom stereocenters. The third kappa shape index (κ3) is 3.69. The molecule has 0 bridgehead atoms. The normalized spacial score (nSPS) is 18.2. The van der Waals surface area contributed by atoms with Crippen molar-refractivity contribution in [1.29, 1.82) is 0 Å². The molecule has 96 valence electrons. The highest BCUT2D eigenvalue weighted by atomic mass is 16.2. The lowest BCUT2D eigenvalue weighted by atomic mass is 9.91. The topological polar surface area (TPSA) is 46.2 Å². The van der Waals surface area contributed by atoms with Crippen molar-refractivity contribution in [2.75, 3.05) is 0 Å². The van der Waals surface area contributed by atoms with Crippen molar-refractivity contribution in [3.8, 4) is 0 Å². The van der Waals surface area contributed by atoms with Crippen molar-refractivity contribution in [3.63, 3.8) is 0 Å². The maximum absolute atomic E-state index is 11.5. The second-order valence-corrected chi connectivity index (χ2v) is 4.82. The summed E-state index contributed by atoms with van der Waals surface area (Å²) in [5.74, 6) is 0.189. The molecule has 1 aromatic carbocycles. The van der Waals surface area contributed by atoms with Gasteiger partial charge in [-0.3, -0.25) is 9.59 Å². The number of ketones is 1. The number of hydrogen-bond acceptors (Lipinski definition) is 2. The third-order valence-corrected chi connectivity index (χ3v) is 3.37. The lowest BCUT2D eigenvalue weighted by molar-refractivity contribution is -0.132. The van der Waals surface area contributed by atoms with Gasteiger partial charge in [-0.15, -0.1) is 0 Å². The van der Waals surface area contributed by atoms with Crippen molar-refractivity contribution in [3.05, 3.63) is 35.9 Å². The second-order valence-electron chi connectivity index (χ2n) is 4.82. The van der Waals surface area contributed by atoms with E-state index in [-0.39, 0.29) is 17.7 Å². The monoisotopic (exact) mass is 245 g/mol. The van der Waals surface area contributed by atoms with E-state index in [1.54, 1.807) is 0 Å². The van der Waals surface area contributed by atoms with E-state index in [9.17, 15) is 9.59 Å². The Morgan fingerprint density at radius 1 is 1.22 bits per heavy atom. The number of amides is 1. The zero-order chi connectivity index (χ0) is 12.8. The molecule has 0 heterocycles. The number of nitrogens with one attached hydrogen (secondary N) is 1. The molecule has 1 aliphatic rings. The van der Waals surface area contributed by atoms with Crippen LogP contribution in [0, 0.1) is 0 Å². The zero-order valence-corrected chi connectivity index (χ0v) is 10.5. The highest BCUT2D eigenvalue weighted by Crippen LogP contribution is 2.14. The summed E-state index contributed by atoms with van der Waals surface area (Å²) >= 11 is 0. The van der Waals surface area contributed by atoms with E-state index < -0.39 is 0 Å². The van der Waals surface area contributed by atoms with Gasteiger partial charge in [-0.1, -0.05) is 30.3 Å². The molecule has 1 N–H and O–H groups in total. The van der Waals surface area contributed by atoms with E-state index in [1.807, 2.05) is 18.2 Å². The fourth-order valence-electron chi connectivity index (χ4n) is 2.09. The second kappa shape index (κ2) is 6.34. The Kier molecular flexibility index (Phi) is 4.51. The molecule has 3 heteroatoms. The van der Waals surface area contributed by atoms with Gasteiger partial charge in [0.25, 0.3) is 0 Å². The summed E-state index contributed by atoms with van der Waals surface area (Å²) in [5.41, 5.74) is 1.31. The Bertz CT molecular complexity index is 414. The van der Waals surface area contributed by atoms with Crippen LogP contribution >= 0.6 is 0 Å². The molecule has 18 heavy (non-hydrogen) atoms. The maximum Gasteiger partial charge on any atom is 0.220 e. The Morgan fingerprint density at radius 2 is 2.00 bits per heavy atom. The van der Waals surface area contributed by atoms with Crippen LogP contribution in [0.2, 0.25) is 0 Å². The quantitative estimate of drug-likeness (QED) is 0.781. The van der Waals surface area contributed by atoms with Gasteiger partial charge in [0.1, 0.15) is 0 Å². The molecular weight excluding hydrogens is 226 g/mol. The van der Waals surface area contributed by atoms with Crippen LogP contribution in [0.5, 0.6) is 0 Å². The average molecular weight is 245 g/mol. The molecule has 1 amide bonds. The fourth-order valence-corrected chi connectivity index (χ4v) is 2.09. The van der Waals surface area contributed by atoms with Gasteiger partial charge in [0, 0.05) is 12.8 Å². The van der Waals surface area contributed by atoms with Crippen molar-refractivity contribution < 1.29 is 9.59 Å². The lowest BCUT2D eigenvalue weighted by Crippen LogP contribution is -2.47. The van der Waals surface area contributed by atoms with Crippen LogP contribution in [-0.2, 0) is 16.0 Å². The molecule has 0 aromatic heterocycles. The smallest absolute Gasteiger partial charge is 0.220 e. The van der Waals surface area contributed by atoms with Gasteiger partial charge in [-0.25, -0.2) is 0 Å². The SMILES string of the molecule is O=C(CCCCc1ccccc1)N[C@@H]1CCC1=O. The van der Waals surface area contributed by atoms with Crippen LogP contribution in [0.3, 0.4) is 0 Å². The van der Waals surface area contributed by atoms with Crippen LogP contribution < -0.4 is 5.32 Å². The van der Waals surface area contributed by atoms with Crippen LogP contribution in [0.15, 0.2) is 30.3 Å². The van der Waals surface area contributed by atoms with E-state index in [2.05, 4.69) is 17.4 Å². The van der Waals surface area contributed by atoms with Gasteiger partial charge in [-0.2, -0.15) is 0 Å². The maximum atomic E-state index is 11.5. The van der Waals surface area contributed by atoms with Gasteiger partial charge in [-0.05, 0) is 31.2 Å². The predicted octanol–water partition coefficient (Wildman–Crippen LogP) is 2.25. The van der Waals surface area contributed by atoms with E-state index in [0.717, 1.165) is 25.7 Å². The van der Waals surface area contributed by atoms with Crippen molar-refractivity contribution in [1.82, 2.24) is 5.32 Å². The third-order valence-electron chi connectivity index (χ3n) is 3.37. The molecule has 0 saturated heterocycles. The number of Topliss-reactive ketones (excluding diaryl/α,β-unsaturated/α-hetero) is 1. The van der Waals surface area contributed by atoms with Crippen LogP contribution in [-0.4, -0.2) is 17.7 Å². The van der Waals surface area contributed by atoms with Crippen LogP contribution in [0.4, 0.5) is 0 Å². The van der Waals surface area contributed by atoms with Crippen LogP contribution in [0.25, 0.3) is 0 Å². The minimum atomic E-state index is -0.188. The summed E-state index contributed by atoms with van der Waals surface area (Å²) in [6.45, 7) is 0. The summed E-state index contributed by atoms with van der Waals surface area (Å²) in [4.78, 5) is 22.6. The first-order chi connectivity index (χ1) is 8.75. The Labute approximate surface area is 108 Å². The highest BCUT2D eigenvalue weighted by Gasteiger charge is 2.28. The van der Waals surface area contributed by atoms with Crippen molar-refractivity contribution in [2.45, 2.75) is 44.6 Å². The number of carbonyl (C=O) groups excluding carboxylic acids is 2. The largest absolute Gasteiger partial charge is 0.346 e. The van der Waals surface area contributed by atoms with E-state index in [4.69, 9.17) is 0 Å². The fraction of sp³-hybridized carbons (Fsp3) is 0.467. The highest BCUT2D eigenvalue weighted by molar-refractivity contribution is 5.93. The van der Waals surface area contributed by atoms with Gasteiger partial charge < -0.3 is 5.32 Å². The molecule has 2 rings (SSSR count). The molecule has 0 spiro atoms. The van der Waals surface area contributed by atoms with Gasteiger partial charge >= 0.3 is 0 Å².